The van der Waals surface area contributed by atoms with E-state index in [4.69, 9.17) is 0 Å². The van der Waals surface area contributed by atoms with Gasteiger partial charge in [-0.2, -0.15) is 0 Å². The molecule has 0 fully saturated rings. The first-order chi connectivity index (χ1) is 7.56. The molecule has 3 heteroatoms. The number of hydrogen-bond donors (Lipinski definition) is 2. The summed E-state index contributed by atoms with van der Waals surface area (Å²) in [4.78, 5) is 11.3. The second kappa shape index (κ2) is 5.66. The molecule has 16 heavy (non-hydrogen) atoms. The first-order valence-electron chi connectivity index (χ1n) is 5.53. The van der Waals surface area contributed by atoms with Crippen molar-refractivity contribution in [1.29, 1.82) is 0 Å². The zero-order valence-electron chi connectivity index (χ0n) is 10.2. The van der Waals surface area contributed by atoms with Crippen LogP contribution < -0.4 is 10.6 Å². The van der Waals surface area contributed by atoms with E-state index < -0.39 is 0 Å². The highest BCUT2D eigenvalue weighted by molar-refractivity contribution is 5.78. The Hall–Kier alpha value is -1.35. The number of likely N-dealkylation sites (N-methyl/N-ethyl adjacent to an activating group) is 1. The lowest BCUT2D eigenvalue weighted by Gasteiger charge is -2.25. The fourth-order valence-electron chi connectivity index (χ4n) is 1.53. The van der Waals surface area contributed by atoms with Crippen molar-refractivity contribution in [2.24, 2.45) is 0 Å². The topological polar surface area (TPSA) is 41.1 Å². The van der Waals surface area contributed by atoms with Gasteiger partial charge < -0.3 is 10.6 Å². The molecule has 0 spiro atoms. The van der Waals surface area contributed by atoms with Crippen molar-refractivity contribution < 1.29 is 4.79 Å². The zero-order valence-corrected chi connectivity index (χ0v) is 10.2. The summed E-state index contributed by atoms with van der Waals surface area (Å²) >= 11 is 0. The number of rotatable bonds is 5. The minimum absolute atomic E-state index is 0.0338. The first-order valence-corrected chi connectivity index (χ1v) is 5.53. The largest absolute Gasteiger partial charge is 0.354 e. The van der Waals surface area contributed by atoms with Crippen LogP contribution in [0.1, 0.15) is 19.4 Å². The summed E-state index contributed by atoms with van der Waals surface area (Å²) in [6, 6.07) is 10.2. The van der Waals surface area contributed by atoms with E-state index in [1.54, 1.807) is 7.05 Å². The molecule has 1 amide bonds. The van der Waals surface area contributed by atoms with Crippen molar-refractivity contribution in [2.45, 2.75) is 19.3 Å². The van der Waals surface area contributed by atoms with Crippen molar-refractivity contribution in [3.8, 4) is 0 Å². The van der Waals surface area contributed by atoms with Gasteiger partial charge in [-0.1, -0.05) is 44.2 Å². The third kappa shape index (κ3) is 3.66. The Labute approximate surface area is 97.2 Å². The summed E-state index contributed by atoms with van der Waals surface area (Å²) in [6.07, 6.45) is 0. The van der Waals surface area contributed by atoms with E-state index in [2.05, 4.69) is 36.6 Å². The van der Waals surface area contributed by atoms with Crippen molar-refractivity contribution in [3.05, 3.63) is 35.9 Å². The van der Waals surface area contributed by atoms with Gasteiger partial charge in [-0.15, -0.1) is 0 Å². The van der Waals surface area contributed by atoms with Gasteiger partial charge in [0.2, 0.25) is 5.91 Å². The van der Waals surface area contributed by atoms with Crippen LogP contribution in [0.25, 0.3) is 0 Å². The molecule has 0 aliphatic heterocycles. The Balaban J connectivity index is 2.55. The van der Waals surface area contributed by atoms with E-state index in [1.807, 2.05) is 18.2 Å². The lowest BCUT2D eigenvalue weighted by Crippen LogP contribution is -2.40. The van der Waals surface area contributed by atoms with Crippen LogP contribution in [0.4, 0.5) is 0 Å². The quantitative estimate of drug-likeness (QED) is 0.785. The van der Waals surface area contributed by atoms with Gasteiger partial charge in [0.25, 0.3) is 0 Å². The summed E-state index contributed by atoms with van der Waals surface area (Å²) in [5.74, 6) is 0.0338. The van der Waals surface area contributed by atoms with Gasteiger partial charge in [0.05, 0.1) is 6.54 Å². The fraction of sp³-hybridized carbons (Fsp3) is 0.462. The van der Waals surface area contributed by atoms with Crippen molar-refractivity contribution >= 4 is 5.91 Å². The maximum absolute atomic E-state index is 11.3. The Morgan fingerprint density at radius 1 is 1.25 bits per heavy atom. The van der Waals surface area contributed by atoms with Crippen molar-refractivity contribution in [3.63, 3.8) is 0 Å². The van der Waals surface area contributed by atoms with Crippen LogP contribution in [0.2, 0.25) is 0 Å². The van der Waals surface area contributed by atoms with Gasteiger partial charge in [0.15, 0.2) is 0 Å². The number of carbonyl (C=O) groups is 1. The maximum Gasteiger partial charge on any atom is 0.233 e. The number of hydrogen-bond acceptors (Lipinski definition) is 2. The Kier molecular flexibility index (Phi) is 4.50. The highest BCUT2D eigenvalue weighted by Gasteiger charge is 2.20. The van der Waals surface area contributed by atoms with Crippen molar-refractivity contribution in [1.82, 2.24) is 10.6 Å². The molecule has 0 saturated carbocycles. The van der Waals surface area contributed by atoms with E-state index in [1.165, 1.54) is 5.56 Å². The molecule has 1 aromatic carbocycles. The number of amides is 1. The summed E-state index contributed by atoms with van der Waals surface area (Å²) < 4.78 is 0. The lowest BCUT2D eigenvalue weighted by molar-refractivity contribution is -0.120. The molecule has 0 bridgehead atoms. The maximum atomic E-state index is 11.3. The minimum Gasteiger partial charge on any atom is -0.354 e. The lowest BCUT2D eigenvalue weighted by atomic mass is 9.84. The molecule has 88 valence electrons. The standard InChI is InChI=1S/C13H20N2O/c1-13(2,10-15-12(16)9-14-3)11-7-5-4-6-8-11/h4-8,14H,9-10H2,1-3H3,(H,15,16). The summed E-state index contributed by atoms with van der Waals surface area (Å²) in [5, 5.41) is 5.75. The monoisotopic (exact) mass is 220 g/mol. The molecule has 3 nitrogen and oxygen atoms in total. The van der Waals surface area contributed by atoms with Crippen LogP contribution in [0.15, 0.2) is 30.3 Å². The van der Waals surface area contributed by atoms with Crippen LogP contribution in [0, 0.1) is 0 Å². The second-order valence-corrected chi connectivity index (χ2v) is 4.56. The third-order valence-corrected chi connectivity index (χ3v) is 2.62. The molecular formula is C13H20N2O. The highest BCUT2D eigenvalue weighted by atomic mass is 16.1. The molecule has 0 radical (unpaired) electrons. The number of nitrogens with one attached hydrogen (secondary N) is 2. The van der Waals surface area contributed by atoms with E-state index >= 15 is 0 Å². The zero-order chi connectivity index (χ0) is 12.0. The molecule has 1 aromatic rings. The summed E-state index contributed by atoms with van der Waals surface area (Å²) in [6.45, 7) is 5.27. The number of benzene rings is 1. The second-order valence-electron chi connectivity index (χ2n) is 4.56. The summed E-state index contributed by atoms with van der Waals surface area (Å²) in [5.41, 5.74) is 1.20. The normalized spacial score (nSPS) is 11.2. The van der Waals surface area contributed by atoms with E-state index in [0.29, 0.717) is 13.1 Å². The third-order valence-electron chi connectivity index (χ3n) is 2.62. The molecule has 0 aliphatic rings. The minimum atomic E-state index is -0.0370. The molecule has 1 rings (SSSR count). The van der Waals surface area contributed by atoms with Crippen LogP contribution in [-0.2, 0) is 10.2 Å². The smallest absolute Gasteiger partial charge is 0.233 e. The molecule has 0 saturated heterocycles. The van der Waals surface area contributed by atoms with Crippen LogP contribution in [0.5, 0.6) is 0 Å². The van der Waals surface area contributed by atoms with Gasteiger partial charge >= 0.3 is 0 Å². The fourth-order valence-corrected chi connectivity index (χ4v) is 1.53. The Morgan fingerprint density at radius 3 is 2.44 bits per heavy atom. The van der Waals surface area contributed by atoms with Crippen LogP contribution in [0.3, 0.4) is 0 Å². The highest BCUT2D eigenvalue weighted by Crippen LogP contribution is 2.21. The first kappa shape index (κ1) is 12.7. The predicted octanol–water partition coefficient (Wildman–Crippen LogP) is 1.30. The molecule has 0 heterocycles. The molecule has 0 aliphatic carbocycles. The van der Waals surface area contributed by atoms with E-state index in [-0.39, 0.29) is 11.3 Å². The molecule has 0 unspecified atom stereocenters. The van der Waals surface area contributed by atoms with Gasteiger partial charge in [-0.25, -0.2) is 0 Å². The molecular weight excluding hydrogens is 200 g/mol. The molecule has 0 aromatic heterocycles. The average molecular weight is 220 g/mol. The van der Waals surface area contributed by atoms with E-state index in [0.717, 1.165) is 0 Å². The summed E-state index contributed by atoms with van der Waals surface area (Å²) in [7, 11) is 1.77. The van der Waals surface area contributed by atoms with Crippen molar-refractivity contribution in [2.75, 3.05) is 20.1 Å². The SMILES string of the molecule is CNCC(=O)NCC(C)(C)c1ccccc1. The van der Waals surface area contributed by atoms with Gasteiger partial charge in [0, 0.05) is 12.0 Å². The molecule has 2 N–H and O–H groups in total. The Morgan fingerprint density at radius 2 is 1.88 bits per heavy atom. The Bertz CT molecular complexity index is 333. The van der Waals surface area contributed by atoms with Gasteiger partial charge in [-0.05, 0) is 12.6 Å². The van der Waals surface area contributed by atoms with E-state index in [9.17, 15) is 4.79 Å². The molecule has 0 atom stereocenters. The van der Waals surface area contributed by atoms with Gasteiger partial charge in [0.1, 0.15) is 0 Å². The van der Waals surface area contributed by atoms with Gasteiger partial charge in [-0.3, -0.25) is 4.79 Å². The van der Waals surface area contributed by atoms with Crippen LogP contribution in [-0.4, -0.2) is 26.0 Å². The number of carbonyl (C=O) groups excluding carboxylic acids is 1. The average Bonchev–Trinajstić information content (AvgIpc) is 2.28. The van der Waals surface area contributed by atoms with Crippen LogP contribution >= 0.6 is 0 Å². The predicted molar refractivity (Wildman–Crippen MR) is 66.4 cm³/mol.